The second-order valence-corrected chi connectivity index (χ2v) is 9.47. The second-order valence-electron chi connectivity index (χ2n) is 9.03. The van der Waals surface area contributed by atoms with Gasteiger partial charge in [-0.05, 0) is 53.1 Å². The number of hydrogen-bond donors (Lipinski definition) is 0. The lowest BCUT2D eigenvalue weighted by Gasteiger charge is -2.36. The van der Waals surface area contributed by atoms with E-state index in [2.05, 4.69) is 4.90 Å². The van der Waals surface area contributed by atoms with Crippen LogP contribution in [0.2, 0.25) is 5.02 Å². The fraction of sp³-hybridized carbons (Fsp3) is 0.321. The summed E-state index contributed by atoms with van der Waals surface area (Å²) >= 11 is 6.05. The predicted octanol–water partition coefficient (Wildman–Crippen LogP) is 6.14. The summed E-state index contributed by atoms with van der Waals surface area (Å²) < 4.78 is 57.9. The number of nitrogens with zero attached hydrogens (tertiary/aromatic N) is 2. The molecule has 37 heavy (non-hydrogen) atoms. The van der Waals surface area contributed by atoms with Gasteiger partial charge in [-0.3, -0.25) is 9.69 Å². The number of ether oxygens (including phenoxy) is 1. The third-order valence-electron chi connectivity index (χ3n) is 6.39. The SMILES string of the molecule is O=C(Cc1ccc(F)cc1)N1CCN(CC(OCc2ccc(C(F)(F)F)cc2)c2ccc(Cl)cc2)CC1. The molecule has 0 N–H and O–H groups in total. The molecule has 4 rings (SSSR count). The molecule has 1 unspecified atom stereocenters. The van der Waals surface area contributed by atoms with Gasteiger partial charge in [-0.15, -0.1) is 0 Å². The highest BCUT2D eigenvalue weighted by Gasteiger charge is 2.30. The van der Waals surface area contributed by atoms with E-state index >= 15 is 0 Å². The van der Waals surface area contributed by atoms with Crippen molar-refractivity contribution in [2.75, 3.05) is 32.7 Å². The van der Waals surface area contributed by atoms with Gasteiger partial charge in [-0.1, -0.05) is 48.0 Å². The van der Waals surface area contributed by atoms with Crippen LogP contribution in [0.5, 0.6) is 0 Å². The van der Waals surface area contributed by atoms with Gasteiger partial charge in [0.2, 0.25) is 5.91 Å². The van der Waals surface area contributed by atoms with Crippen molar-refractivity contribution in [1.29, 1.82) is 0 Å². The van der Waals surface area contributed by atoms with Crippen molar-refractivity contribution in [3.05, 3.63) is 106 Å². The number of benzene rings is 3. The van der Waals surface area contributed by atoms with Crippen molar-refractivity contribution in [2.24, 2.45) is 0 Å². The third-order valence-corrected chi connectivity index (χ3v) is 6.64. The molecular weight excluding hydrogens is 508 g/mol. The number of halogens is 5. The van der Waals surface area contributed by atoms with E-state index in [1.807, 2.05) is 12.1 Å². The molecule has 3 aromatic rings. The standard InChI is InChI=1S/C28H27ClF4N2O2/c29-24-9-5-22(6-10-24)26(37-19-21-1-7-23(8-2-21)28(31,32)33)18-34-13-15-35(16-14-34)27(36)17-20-3-11-25(30)12-4-20/h1-12,26H,13-19H2. The molecule has 196 valence electrons. The fourth-order valence-corrected chi connectivity index (χ4v) is 4.35. The molecule has 1 aliphatic rings. The van der Waals surface area contributed by atoms with Crippen molar-refractivity contribution in [2.45, 2.75) is 25.3 Å². The van der Waals surface area contributed by atoms with Crippen LogP contribution in [0.1, 0.15) is 28.4 Å². The van der Waals surface area contributed by atoms with E-state index < -0.39 is 11.7 Å². The van der Waals surface area contributed by atoms with Crippen LogP contribution in [0.25, 0.3) is 0 Å². The van der Waals surface area contributed by atoms with Gasteiger partial charge >= 0.3 is 6.18 Å². The molecule has 0 spiro atoms. The first-order valence-electron chi connectivity index (χ1n) is 11.9. The van der Waals surface area contributed by atoms with Crippen molar-refractivity contribution in [3.8, 4) is 0 Å². The Kier molecular flexibility index (Phi) is 8.84. The largest absolute Gasteiger partial charge is 0.416 e. The van der Waals surface area contributed by atoms with E-state index in [0.717, 1.165) is 23.3 Å². The van der Waals surface area contributed by atoms with Gasteiger partial charge in [0.05, 0.1) is 24.7 Å². The Labute approximate surface area is 218 Å². The smallest absolute Gasteiger partial charge is 0.368 e. The molecule has 9 heteroatoms. The second kappa shape index (κ2) is 12.1. The molecular formula is C28H27ClF4N2O2. The molecule has 3 aromatic carbocycles. The molecule has 0 saturated carbocycles. The summed E-state index contributed by atoms with van der Waals surface area (Å²) in [6.45, 7) is 3.15. The van der Waals surface area contributed by atoms with Gasteiger partial charge < -0.3 is 9.64 Å². The summed E-state index contributed by atoms with van der Waals surface area (Å²) in [6.07, 6.45) is -4.49. The van der Waals surface area contributed by atoms with Gasteiger partial charge in [-0.25, -0.2) is 4.39 Å². The van der Waals surface area contributed by atoms with E-state index in [0.29, 0.717) is 43.3 Å². The van der Waals surface area contributed by atoms with Crippen LogP contribution in [-0.2, 0) is 28.7 Å². The van der Waals surface area contributed by atoms with Crippen LogP contribution < -0.4 is 0 Å². The summed E-state index contributed by atoms with van der Waals surface area (Å²) in [4.78, 5) is 16.7. The molecule has 1 fully saturated rings. The first kappa shape index (κ1) is 27.1. The molecule has 0 bridgehead atoms. The van der Waals surface area contributed by atoms with Gasteiger partial charge in [0.25, 0.3) is 0 Å². The Bertz CT molecular complexity index is 1160. The zero-order chi connectivity index (χ0) is 26.4. The zero-order valence-electron chi connectivity index (χ0n) is 20.1. The van der Waals surface area contributed by atoms with Crippen molar-refractivity contribution < 1.29 is 27.1 Å². The minimum Gasteiger partial charge on any atom is -0.368 e. The fourth-order valence-electron chi connectivity index (χ4n) is 4.22. The van der Waals surface area contributed by atoms with Crippen LogP contribution >= 0.6 is 11.6 Å². The van der Waals surface area contributed by atoms with Gasteiger partial charge in [0.15, 0.2) is 0 Å². The average molecular weight is 535 g/mol. The molecule has 1 atom stereocenters. The third kappa shape index (κ3) is 7.77. The molecule has 0 radical (unpaired) electrons. The summed E-state index contributed by atoms with van der Waals surface area (Å²) in [7, 11) is 0. The van der Waals surface area contributed by atoms with Crippen molar-refractivity contribution >= 4 is 17.5 Å². The van der Waals surface area contributed by atoms with Crippen LogP contribution in [-0.4, -0.2) is 48.4 Å². The lowest BCUT2D eigenvalue weighted by molar-refractivity contribution is -0.137. The molecule has 1 aliphatic heterocycles. The van der Waals surface area contributed by atoms with Gasteiger partial charge in [0.1, 0.15) is 5.82 Å². The molecule has 4 nitrogen and oxygen atoms in total. The Hall–Kier alpha value is -2.94. The van der Waals surface area contributed by atoms with E-state index in [1.54, 1.807) is 29.2 Å². The number of carbonyl (C=O) groups excluding carboxylic acids is 1. The quantitative estimate of drug-likeness (QED) is 0.325. The van der Waals surface area contributed by atoms with Gasteiger partial charge in [0, 0.05) is 37.7 Å². The highest BCUT2D eigenvalue weighted by Crippen LogP contribution is 2.30. The van der Waals surface area contributed by atoms with Crippen molar-refractivity contribution in [1.82, 2.24) is 9.80 Å². The Morgan fingerprint density at radius 1 is 0.865 bits per heavy atom. The van der Waals surface area contributed by atoms with Crippen LogP contribution in [0.4, 0.5) is 17.6 Å². The minimum atomic E-state index is -4.38. The number of piperazine rings is 1. The van der Waals surface area contributed by atoms with E-state index in [4.69, 9.17) is 16.3 Å². The Morgan fingerprint density at radius 2 is 1.46 bits per heavy atom. The lowest BCUT2D eigenvalue weighted by Crippen LogP contribution is -2.50. The Balaban J connectivity index is 1.35. The summed E-state index contributed by atoms with van der Waals surface area (Å²) in [5.74, 6) is -0.334. The number of rotatable bonds is 8. The summed E-state index contributed by atoms with van der Waals surface area (Å²) in [6, 6.07) is 18.2. The van der Waals surface area contributed by atoms with Crippen LogP contribution in [0, 0.1) is 5.82 Å². The van der Waals surface area contributed by atoms with E-state index in [9.17, 15) is 22.4 Å². The van der Waals surface area contributed by atoms with Crippen LogP contribution in [0.15, 0.2) is 72.8 Å². The molecule has 1 amide bonds. The first-order valence-corrected chi connectivity index (χ1v) is 12.3. The molecule has 1 heterocycles. The maximum Gasteiger partial charge on any atom is 0.416 e. The Morgan fingerprint density at radius 3 is 2.05 bits per heavy atom. The average Bonchev–Trinajstić information content (AvgIpc) is 2.88. The van der Waals surface area contributed by atoms with E-state index in [-0.39, 0.29) is 30.9 Å². The highest BCUT2D eigenvalue weighted by atomic mass is 35.5. The normalized spacial score (nSPS) is 15.5. The maximum atomic E-state index is 13.1. The number of carbonyl (C=O) groups is 1. The lowest BCUT2D eigenvalue weighted by atomic mass is 10.1. The molecule has 0 aliphatic carbocycles. The number of alkyl halides is 3. The summed E-state index contributed by atoms with van der Waals surface area (Å²) in [5, 5.41) is 0.596. The first-order chi connectivity index (χ1) is 17.7. The minimum absolute atomic E-state index is 0.000867. The van der Waals surface area contributed by atoms with Crippen molar-refractivity contribution in [3.63, 3.8) is 0 Å². The molecule has 1 saturated heterocycles. The van der Waals surface area contributed by atoms with Gasteiger partial charge in [-0.2, -0.15) is 13.2 Å². The topological polar surface area (TPSA) is 32.8 Å². The zero-order valence-corrected chi connectivity index (χ0v) is 20.8. The van der Waals surface area contributed by atoms with Crippen LogP contribution in [0.3, 0.4) is 0 Å². The number of amides is 1. The monoisotopic (exact) mass is 534 g/mol. The number of hydrogen-bond acceptors (Lipinski definition) is 3. The summed E-state index contributed by atoms with van der Waals surface area (Å²) in [5.41, 5.74) is 1.62. The molecule has 0 aromatic heterocycles. The predicted molar refractivity (Wildman–Crippen MR) is 134 cm³/mol. The maximum absolute atomic E-state index is 13.1. The van der Waals surface area contributed by atoms with E-state index in [1.165, 1.54) is 24.3 Å². The highest BCUT2D eigenvalue weighted by molar-refractivity contribution is 6.30.